The van der Waals surface area contributed by atoms with Crippen molar-refractivity contribution < 1.29 is 0 Å². The fourth-order valence-electron chi connectivity index (χ4n) is 13.2. The van der Waals surface area contributed by atoms with Crippen LogP contribution in [-0.2, 0) is 10.8 Å². The maximum absolute atomic E-state index is 3.02. The van der Waals surface area contributed by atoms with Crippen molar-refractivity contribution in [3.63, 3.8) is 0 Å². The quantitative estimate of drug-likeness (QED) is 0.155. The number of fused-ring (bicyclic) bond motifs is 15. The molecule has 4 heterocycles. The van der Waals surface area contributed by atoms with Gasteiger partial charge in [-0.1, -0.05) is 108 Å². The van der Waals surface area contributed by atoms with Crippen LogP contribution < -0.4 is 21.3 Å². The molecule has 47 heavy (non-hydrogen) atoms. The summed E-state index contributed by atoms with van der Waals surface area (Å²) in [4.78, 5) is 3.02. The van der Waals surface area contributed by atoms with E-state index in [9.17, 15) is 0 Å². The first-order valence-corrected chi connectivity index (χ1v) is 18.9. The first-order chi connectivity index (χ1) is 22.7. The molecule has 0 saturated heterocycles. The molecule has 0 radical (unpaired) electrons. The zero-order valence-electron chi connectivity index (χ0n) is 28.9. The minimum Gasteiger partial charge on any atom is -0.335 e. The summed E-state index contributed by atoms with van der Waals surface area (Å²) < 4.78 is 2.63. The highest BCUT2D eigenvalue weighted by atomic mass is 15.3. The van der Waals surface area contributed by atoms with Crippen molar-refractivity contribution in [2.45, 2.75) is 102 Å². The smallest absolute Gasteiger partial charge is 0.252 e. The lowest BCUT2D eigenvalue weighted by Gasteiger charge is -2.66. The van der Waals surface area contributed by atoms with E-state index in [0.717, 1.165) is 23.7 Å². The Bertz CT molecular complexity index is 2180. The molecule has 3 aliphatic heterocycles. The molecule has 236 valence electrons. The third kappa shape index (κ3) is 3.01. The van der Waals surface area contributed by atoms with E-state index in [2.05, 4.69) is 117 Å². The number of para-hydroxylation sites is 2. The highest BCUT2D eigenvalue weighted by Crippen LogP contribution is 2.71. The van der Waals surface area contributed by atoms with Crippen LogP contribution in [0.15, 0.2) is 72.8 Å². The Morgan fingerprint density at radius 2 is 1.38 bits per heavy atom. The number of hydrogen-bond donors (Lipinski definition) is 0. The van der Waals surface area contributed by atoms with Crippen LogP contribution in [0, 0.1) is 23.7 Å². The first-order valence-electron chi connectivity index (χ1n) is 18.9. The molecule has 0 amide bonds. The van der Waals surface area contributed by atoms with Crippen LogP contribution >= 0.6 is 0 Å². The van der Waals surface area contributed by atoms with Crippen molar-refractivity contribution in [1.82, 2.24) is 4.57 Å². The molecule has 2 nitrogen and oxygen atoms in total. The molecule has 3 aliphatic carbocycles. The van der Waals surface area contributed by atoms with Crippen LogP contribution in [0.2, 0.25) is 0 Å². The van der Waals surface area contributed by atoms with E-state index in [1.807, 2.05) is 0 Å². The summed E-state index contributed by atoms with van der Waals surface area (Å²) in [6.07, 6.45) is 11.3. The Hall–Kier alpha value is -3.46. The monoisotopic (exact) mass is 614 g/mol. The Labute approximate surface area is 280 Å². The molecule has 4 aromatic carbocycles. The fraction of sp³-hybridized carbons (Fsp3) is 0.455. The van der Waals surface area contributed by atoms with Crippen LogP contribution in [0.4, 0.5) is 11.4 Å². The summed E-state index contributed by atoms with van der Waals surface area (Å²) in [6.45, 7) is 13.1. The van der Waals surface area contributed by atoms with Crippen molar-refractivity contribution in [3.8, 4) is 5.69 Å². The molecule has 1 aromatic heterocycles. The summed E-state index contributed by atoms with van der Waals surface area (Å²) in [5.74, 6) is 3.21. The molecular weight excluding hydrogens is 567 g/mol. The van der Waals surface area contributed by atoms with Gasteiger partial charge in [0, 0.05) is 38.8 Å². The maximum atomic E-state index is 3.02. The number of hydrogen-bond acceptors (Lipinski definition) is 1. The van der Waals surface area contributed by atoms with Gasteiger partial charge in [-0.3, -0.25) is 0 Å². The van der Waals surface area contributed by atoms with Gasteiger partial charge in [-0.15, -0.1) is 0 Å². The van der Waals surface area contributed by atoms with Gasteiger partial charge in [0.05, 0.1) is 11.1 Å². The third-order valence-corrected chi connectivity index (χ3v) is 15.1. The van der Waals surface area contributed by atoms with Crippen LogP contribution in [0.5, 0.6) is 0 Å². The van der Waals surface area contributed by atoms with Crippen molar-refractivity contribution in [2.24, 2.45) is 23.7 Å². The van der Waals surface area contributed by atoms with Gasteiger partial charge < -0.3 is 9.47 Å². The predicted molar refractivity (Wildman–Crippen MR) is 199 cm³/mol. The van der Waals surface area contributed by atoms with Crippen molar-refractivity contribution in [2.75, 3.05) is 4.90 Å². The number of rotatable bonds is 0. The Balaban J connectivity index is 1.30. The van der Waals surface area contributed by atoms with Crippen molar-refractivity contribution in [1.29, 1.82) is 0 Å². The van der Waals surface area contributed by atoms with Gasteiger partial charge in [0.1, 0.15) is 0 Å². The lowest BCUT2D eigenvalue weighted by molar-refractivity contribution is -0.0768. The largest absolute Gasteiger partial charge is 0.335 e. The summed E-state index contributed by atoms with van der Waals surface area (Å²) in [5, 5.41) is 2.76. The van der Waals surface area contributed by atoms with Gasteiger partial charge in [0.25, 0.3) is 6.71 Å². The highest BCUT2D eigenvalue weighted by molar-refractivity contribution is 7.00. The van der Waals surface area contributed by atoms with Crippen LogP contribution in [0.3, 0.4) is 0 Å². The van der Waals surface area contributed by atoms with Gasteiger partial charge in [-0.2, -0.15) is 0 Å². The standard InChI is InChI=1S/C44H47BN2/c1-42(2,3)26-24-33-41-35(25-26)45-34-20-12-17-30-29-16-8-11-21-36(29)46(40(30)34)37-22-13-23-38(39(37)45)47(41)44(5)32-19-10-7-15-28(32)27-14-6-9-18-31(27)43(33,44)4/h8,11-13,16-17,20-25,27-28,31-32H,6-7,9-10,14-15,18-19H2,1-5H3. The van der Waals surface area contributed by atoms with Crippen LogP contribution in [0.25, 0.3) is 27.5 Å². The van der Waals surface area contributed by atoms with E-state index in [4.69, 9.17) is 0 Å². The lowest BCUT2D eigenvalue weighted by atomic mass is 9.33. The number of anilines is 2. The number of aromatic nitrogens is 1. The molecule has 3 fully saturated rings. The van der Waals surface area contributed by atoms with Gasteiger partial charge in [0.2, 0.25) is 0 Å². The van der Waals surface area contributed by atoms with E-state index in [1.54, 1.807) is 22.2 Å². The minimum atomic E-state index is 0.0509. The average molecular weight is 615 g/mol. The first kappa shape index (κ1) is 27.5. The molecule has 3 heteroatoms. The summed E-state index contributed by atoms with van der Waals surface area (Å²) in [5.41, 5.74) is 15.3. The van der Waals surface area contributed by atoms with E-state index in [-0.39, 0.29) is 23.1 Å². The molecule has 5 aromatic rings. The lowest BCUT2D eigenvalue weighted by Crippen LogP contribution is -2.70. The molecule has 11 rings (SSSR count). The molecule has 0 N–H and O–H groups in total. The van der Waals surface area contributed by atoms with Crippen molar-refractivity contribution in [3.05, 3.63) is 83.9 Å². The zero-order valence-corrected chi connectivity index (χ0v) is 28.9. The van der Waals surface area contributed by atoms with Gasteiger partial charge in [-0.05, 0) is 107 Å². The summed E-state index contributed by atoms with van der Waals surface area (Å²) >= 11 is 0. The summed E-state index contributed by atoms with van der Waals surface area (Å²) in [6, 6.07) is 29.0. The van der Waals surface area contributed by atoms with Gasteiger partial charge in [-0.25, -0.2) is 0 Å². The molecule has 6 unspecified atom stereocenters. The van der Waals surface area contributed by atoms with E-state index in [0.29, 0.717) is 0 Å². The van der Waals surface area contributed by atoms with Crippen molar-refractivity contribution >= 4 is 56.3 Å². The second kappa shape index (κ2) is 8.76. The maximum Gasteiger partial charge on any atom is 0.252 e. The average Bonchev–Trinajstić information content (AvgIpc) is 3.54. The third-order valence-electron chi connectivity index (χ3n) is 15.1. The van der Waals surface area contributed by atoms with E-state index < -0.39 is 0 Å². The molecular formula is C44H47BN2. The Morgan fingerprint density at radius 3 is 2.19 bits per heavy atom. The topological polar surface area (TPSA) is 8.17 Å². The fourth-order valence-corrected chi connectivity index (χ4v) is 13.2. The Kier molecular flexibility index (Phi) is 5.13. The normalized spacial score (nSPS) is 31.3. The van der Waals surface area contributed by atoms with Crippen LogP contribution in [0.1, 0.15) is 97.1 Å². The SMILES string of the molecule is CC(C)(C)c1cc2c3c(c1)C1(C)C4CCCCC4C4CCCCC4C1(C)N3c1cccc3c1B2c1cccc2c4ccccc4n-3c12. The number of benzene rings is 4. The van der Waals surface area contributed by atoms with Gasteiger partial charge >= 0.3 is 0 Å². The molecule has 0 bridgehead atoms. The zero-order chi connectivity index (χ0) is 31.6. The van der Waals surface area contributed by atoms with E-state index >= 15 is 0 Å². The minimum absolute atomic E-state index is 0.0509. The number of nitrogens with zero attached hydrogens (tertiary/aromatic N) is 2. The highest BCUT2D eigenvalue weighted by Gasteiger charge is 2.71. The molecule has 6 aliphatic rings. The van der Waals surface area contributed by atoms with Crippen LogP contribution in [-0.4, -0.2) is 16.8 Å². The Morgan fingerprint density at radius 1 is 0.702 bits per heavy atom. The molecule has 6 atom stereocenters. The van der Waals surface area contributed by atoms with Gasteiger partial charge in [0.15, 0.2) is 0 Å². The summed E-state index contributed by atoms with van der Waals surface area (Å²) in [7, 11) is 0. The predicted octanol–water partition coefficient (Wildman–Crippen LogP) is 9.02. The molecule has 3 saturated carbocycles. The van der Waals surface area contributed by atoms with E-state index in [1.165, 1.54) is 95.6 Å². The second-order valence-corrected chi connectivity index (χ2v) is 17.7. The second-order valence-electron chi connectivity index (χ2n) is 17.7. The molecule has 0 spiro atoms.